The molecule has 0 unspecified atom stereocenters. The molecule has 1 fully saturated rings. The van der Waals surface area contributed by atoms with E-state index in [2.05, 4.69) is 37.6 Å². The van der Waals surface area contributed by atoms with Crippen LogP contribution in [-0.4, -0.2) is 14.2 Å². The third kappa shape index (κ3) is 2.98. The Bertz CT molecular complexity index is 1240. The number of aromatic nitrogens is 3. The van der Waals surface area contributed by atoms with Gasteiger partial charge in [0.1, 0.15) is 0 Å². The van der Waals surface area contributed by atoms with Gasteiger partial charge in [-0.1, -0.05) is 48.5 Å². The van der Waals surface area contributed by atoms with Gasteiger partial charge in [0, 0.05) is 40.0 Å². The van der Waals surface area contributed by atoms with E-state index in [0.29, 0.717) is 16.1 Å². The molecule has 0 atom stereocenters. The summed E-state index contributed by atoms with van der Waals surface area (Å²) in [6, 6.07) is 8.63. The Kier molecular flexibility index (Phi) is 4.64. The number of benzene rings is 1. The third-order valence-electron chi connectivity index (χ3n) is 6.57. The van der Waals surface area contributed by atoms with Crippen LogP contribution in [0.25, 0.3) is 27.4 Å². The number of halogens is 2. The molecular formula is C24H25Cl2N3. The minimum absolute atomic E-state index is 0.573. The fraction of sp³-hybridized carbons (Fsp3) is 0.375. The van der Waals surface area contributed by atoms with Crippen molar-refractivity contribution in [2.75, 3.05) is 0 Å². The van der Waals surface area contributed by atoms with E-state index in [9.17, 15) is 0 Å². The Hall–Kier alpha value is -1.97. The highest BCUT2D eigenvalue weighted by Crippen LogP contribution is 2.39. The van der Waals surface area contributed by atoms with Gasteiger partial charge in [-0.3, -0.25) is 0 Å². The van der Waals surface area contributed by atoms with Crippen LogP contribution in [0.4, 0.5) is 0 Å². The Morgan fingerprint density at radius 1 is 0.862 bits per heavy atom. The van der Waals surface area contributed by atoms with E-state index in [0.717, 1.165) is 22.3 Å². The van der Waals surface area contributed by atoms with Crippen LogP contribution < -0.4 is 0 Å². The lowest BCUT2D eigenvalue weighted by Gasteiger charge is -2.26. The smallest absolute Gasteiger partial charge is 0.0749 e. The summed E-state index contributed by atoms with van der Waals surface area (Å²) in [5.74, 6) is 0. The average molecular weight is 426 g/mol. The molecule has 1 aromatic carbocycles. The Morgan fingerprint density at radius 2 is 1.59 bits per heavy atom. The zero-order valence-electron chi connectivity index (χ0n) is 17.1. The lowest BCUT2D eigenvalue weighted by Crippen LogP contribution is -2.15. The standard InChI is InChI=1S/C24H25Cl2N3/c1-14-23-15(2)29(19-7-5-4-6-8-19)16(3)24(23)22-12-18(13-28(22)27-14)17-9-10-20(25)21(26)11-17/h9-13,19H,4-8H2,1-3H3. The molecule has 29 heavy (non-hydrogen) atoms. The van der Waals surface area contributed by atoms with Crippen LogP contribution in [0.15, 0.2) is 30.5 Å². The van der Waals surface area contributed by atoms with Gasteiger partial charge in [-0.05, 0) is 57.4 Å². The monoisotopic (exact) mass is 425 g/mol. The number of nitrogens with zero attached hydrogens (tertiary/aromatic N) is 3. The number of aryl methyl sites for hydroxylation is 3. The molecule has 150 valence electrons. The molecule has 4 aromatic rings. The highest BCUT2D eigenvalue weighted by molar-refractivity contribution is 6.42. The summed E-state index contributed by atoms with van der Waals surface area (Å²) in [7, 11) is 0. The van der Waals surface area contributed by atoms with Crippen LogP contribution >= 0.6 is 23.2 Å². The first-order chi connectivity index (χ1) is 14.0. The zero-order valence-corrected chi connectivity index (χ0v) is 18.6. The molecule has 0 amide bonds. The molecule has 0 radical (unpaired) electrons. The molecule has 1 aliphatic rings. The van der Waals surface area contributed by atoms with Crippen molar-refractivity contribution in [3.8, 4) is 11.1 Å². The van der Waals surface area contributed by atoms with Crippen molar-refractivity contribution in [2.45, 2.75) is 58.9 Å². The maximum atomic E-state index is 6.26. The van der Waals surface area contributed by atoms with Gasteiger partial charge in [-0.25, -0.2) is 4.52 Å². The second-order valence-corrected chi connectivity index (χ2v) is 9.17. The minimum Gasteiger partial charge on any atom is -0.345 e. The first kappa shape index (κ1) is 19.0. The van der Waals surface area contributed by atoms with E-state index in [1.807, 2.05) is 22.7 Å². The summed E-state index contributed by atoms with van der Waals surface area (Å²) in [6.45, 7) is 6.66. The van der Waals surface area contributed by atoms with Gasteiger partial charge in [0.25, 0.3) is 0 Å². The van der Waals surface area contributed by atoms with E-state index >= 15 is 0 Å². The number of hydrogen-bond acceptors (Lipinski definition) is 1. The van der Waals surface area contributed by atoms with Crippen molar-refractivity contribution in [3.63, 3.8) is 0 Å². The second kappa shape index (κ2) is 7.07. The molecule has 0 aliphatic heterocycles. The predicted octanol–water partition coefficient (Wildman–Crippen LogP) is 7.69. The highest BCUT2D eigenvalue weighted by Gasteiger charge is 2.24. The van der Waals surface area contributed by atoms with Crippen molar-refractivity contribution in [2.24, 2.45) is 0 Å². The highest BCUT2D eigenvalue weighted by atomic mass is 35.5. The molecule has 0 saturated heterocycles. The molecule has 3 aromatic heterocycles. The molecule has 0 N–H and O–H groups in total. The summed E-state index contributed by atoms with van der Waals surface area (Å²) in [6.07, 6.45) is 8.68. The van der Waals surface area contributed by atoms with Crippen LogP contribution in [0.5, 0.6) is 0 Å². The van der Waals surface area contributed by atoms with Gasteiger partial charge in [0.15, 0.2) is 0 Å². The second-order valence-electron chi connectivity index (χ2n) is 8.36. The van der Waals surface area contributed by atoms with Crippen molar-refractivity contribution in [3.05, 3.63) is 57.6 Å². The van der Waals surface area contributed by atoms with Gasteiger partial charge in [0.05, 0.1) is 21.3 Å². The third-order valence-corrected chi connectivity index (χ3v) is 7.30. The summed E-state index contributed by atoms with van der Waals surface area (Å²) in [4.78, 5) is 0. The van der Waals surface area contributed by atoms with Crippen molar-refractivity contribution in [1.82, 2.24) is 14.2 Å². The first-order valence-corrected chi connectivity index (χ1v) is 11.2. The van der Waals surface area contributed by atoms with E-state index in [1.165, 1.54) is 54.3 Å². The average Bonchev–Trinajstić information content (AvgIpc) is 3.24. The number of rotatable bonds is 2. The maximum absolute atomic E-state index is 6.26. The summed E-state index contributed by atoms with van der Waals surface area (Å²) < 4.78 is 4.61. The summed E-state index contributed by atoms with van der Waals surface area (Å²) in [5.41, 5.74) is 7.11. The molecule has 1 saturated carbocycles. The molecule has 5 heteroatoms. The lowest BCUT2D eigenvalue weighted by molar-refractivity contribution is 0.346. The molecule has 3 nitrogen and oxygen atoms in total. The minimum atomic E-state index is 0.573. The van der Waals surface area contributed by atoms with Crippen LogP contribution in [0.2, 0.25) is 10.0 Å². The number of fused-ring (bicyclic) bond motifs is 3. The van der Waals surface area contributed by atoms with E-state index in [1.54, 1.807) is 0 Å². The molecule has 3 heterocycles. The quantitative estimate of drug-likeness (QED) is 0.322. The van der Waals surface area contributed by atoms with Crippen molar-refractivity contribution < 1.29 is 0 Å². The van der Waals surface area contributed by atoms with Crippen LogP contribution in [0.1, 0.15) is 55.2 Å². The Balaban J connectivity index is 1.75. The number of hydrogen-bond donors (Lipinski definition) is 0. The van der Waals surface area contributed by atoms with Gasteiger partial charge in [-0.15, -0.1) is 0 Å². The Morgan fingerprint density at radius 3 is 2.31 bits per heavy atom. The largest absolute Gasteiger partial charge is 0.345 e. The zero-order chi connectivity index (χ0) is 20.3. The summed E-state index contributed by atoms with van der Waals surface area (Å²) >= 11 is 12.4. The molecule has 0 bridgehead atoms. The van der Waals surface area contributed by atoms with Crippen LogP contribution in [-0.2, 0) is 0 Å². The topological polar surface area (TPSA) is 22.2 Å². The molecule has 5 rings (SSSR count). The normalized spacial score (nSPS) is 15.6. The lowest BCUT2D eigenvalue weighted by atomic mass is 9.95. The van der Waals surface area contributed by atoms with Gasteiger partial charge < -0.3 is 4.57 Å². The van der Waals surface area contributed by atoms with E-state index in [-0.39, 0.29) is 0 Å². The molecule has 0 spiro atoms. The fourth-order valence-electron chi connectivity index (χ4n) is 5.26. The first-order valence-electron chi connectivity index (χ1n) is 10.4. The molecule has 1 aliphatic carbocycles. The van der Waals surface area contributed by atoms with Gasteiger partial charge in [0.2, 0.25) is 0 Å². The van der Waals surface area contributed by atoms with Crippen molar-refractivity contribution in [1.29, 1.82) is 0 Å². The van der Waals surface area contributed by atoms with Crippen LogP contribution in [0.3, 0.4) is 0 Å². The fourth-order valence-corrected chi connectivity index (χ4v) is 5.56. The van der Waals surface area contributed by atoms with Crippen molar-refractivity contribution >= 4 is 39.5 Å². The van der Waals surface area contributed by atoms with Gasteiger partial charge in [-0.2, -0.15) is 5.10 Å². The SMILES string of the molecule is Cc1nn2cc(-c3ccc(Cl)c(Cl)c3)cc2c2c(C)n(C3CCCCC3)c(C)c12. The predicted molar refractivity (Wildman–Crippen MR) is 122 cm³/mol. The maximum Gasteiger partial charge on any atom is 0.0749 e. The molecular weight excluding hydrogens is 401 g/mol. The summed E-state index contributed by atoms with van der Waals surface area (Å²) in [5, 5.41) is 8.67. The Labute approximate surface area is 181 Å². The van der Waals surface area contributed by atoms with Crippen LogP contribution in [0, 0.1) is 20.8 Å². The van der Waals surface area contributed by atoms with E-state index < -0.39 is 0 Å². The van der Waals surface area contributed by atoms with Gasteiger partial charge >= 0.3 is 0 Å². The van der Waals surface area contributed by atoms with E-state index in [4.69, 9.17) is 28.3 Å².